The molecule has 104 valence electrons. The summed E-state index contributed by atoms with van der Waals surface area (Å²) in [6.45, 7) is -12.3. The summed E-state index contributed by atoms with van der Waals surface area (Å²) in [6, 6.07) is 16.9. The van der Waals surface area contributed by atoms with Gasteiger partial charge in [0.1, 0.15) is 0 Å². The second-order valence-corrected chi connectivity index (χ2v) is 4.57. The average Bonchev–Trinajstić information content (AvgIpc) is 2.60. The van der Waals surface area contributed by atoms with E-state index >= 15 is 0 Å². The number of hydrogen-bond donors (Lipinski definition) is 0. The highest BCUT2D eigenvalue weighted by Crippen LogP contribution is 2.29. The maximum absolute atomic E-state index is 8.56. The summed E-state index contributed by atoms with van der Waals surface area (Å²) < 4.78 is 73.2. The van der Waals surface area contributed by atoms with E-state index in [9.17, 15) is 0 Å². The van der Waals surface area contributed by atoms with Crippen LogP contribution >= 0.6 is 0 Å². The summed E-state index contributed by atoms with van der Waals surface area (Å²) in [7, 11) is 0. The number of likely N-dealkylation sites (N-methyl/N-ethyl adjacent to an activating group) is 1. The van der Waals surface area contributed by atoms with Crippen LogP contribution in [0.2, 0.25) is 0 Å². The molecule has 0 atom stereocenters. The lowest BCUT2D eigenvalue weighted by atomic mass is 9.96. The monoisotopic (exact) mass is 275 g/mol. The van der Waals surface area contributed by atoms with Gasteiger partial charge in [0.05, 0.1) is 6.04 Å². The highest BCUT2D eigenvalue weighted by Gasteiger charge is 2.24. The summed E-state index contributed by atoms with van der Waals surface area (Å²) in [4.78, 5) is 1.12. The first-order valence-electron chi connectivity index (χ1n) is 11.0. The smallest absolute Gasteiger partial charge is 0.0602 e. The molecule has 2 nitrogen and oxygen atoms in total. The first-order chi connectivity index (χ1) is 13.3. The second kappa shape index (κ2) is 6.21. The summed E-state index contributed by atoms with van der Waals surface area (Å²) in [5, 5.41) is 0. The van der Waals surface area contributed by atoms with Crippen LogP contribution in [-0.2, 0) is 0 Å². The van der Waals surface area contributed by atoms with Crippen molar-refractivity contribution in [1.29, 1.82) is 0 Å². The second-order valence-electron chi connectivity index (χ2n) is 4.57. The maximum Gasteiger partial charge on any atom is 0.0602 e. The number of nitrogens with zero attached hydrogens (tertiary/aromatic N) is 2. The molecule has 2 aromatic carbocycles. The molecule has 1 aliphatic heterocycles. The van der Waals surface area contributed by atoms with Crippen molar-refractivity contribution in [3.63, 3.8) is 0 Å². The van der Waals surface area contributed by atoms with Crippen LogP contribution in [0.15, 0.2) is 60.7 Å². The van der Waals surface area contributed by atoms with Gasteiger partial charge in [0.15, 0.2) is 0 Å². The van der Waals surface area contributed by atoms with Crippen molar-refractivity contribution in [1.82, 2.24) is 9.80 Å². The molecule has 2 aromatic rings. The van der Waals surface area contributed by atoms with Crippen molar-refractivity contribution in [3.05, 3.63) is 71.8 Å². The molecule has 1 heterocycles. The van der Waals surface area contributed by atoms with Crippen molar-refractivity contribution in [2.45, 2.75) is 6.04 Å². The third kappa shape index (κ3) is 2.92. The minimum absolute atomic E-state index is 0.0382. The molecule has 0 spiro atoms. The van der Waals surface area contributed by atoms with Gasteiger partial charge >= 0.3 is 0 Å². The van der Waals surface area contributed by atoms with Crippen molar-refractivity contribution < 1.29 is 12.3 Å². The van der Waals surface area contributed by atoms with E-state index in [1.54, 1.807) is 60.7 Å². The van der Waals surface area contributed by atoms with Crippen LogP contribution in [0.4, 0.5) is 0 Å². The van der Waals surface area contributed by atoms with Crippen LogP contribution in [0.25, 0.3) is 0 Å². The molecular weight excluding hydrogens is 244 g/mol. The number of piperazine rings is 1. The van der Waals surface area contributed by atoms with Gasteiger partial charge in [0, 0.05) is 38.4 Å². The minimum atomic E-state index is -3.15. The van der Waals surface area contributed by atoms with E-state index in [2.05, 4.69) is 0 Å². The van der Waals surface area contributed by atoms with Crippen molar-refractivity contribution in [3.8, 4) is 0 Å². The molecule has 3 rings (SSSR count). The Morgan fingerprint density at radius 2 is 1.50 bits per heavy atom. The van der Waals surface area contributed by atoms with Gasteiger partial charge in [0.2, 0.25) is 0 Å². The lowest BCUT2D eigenvalue weighted by Gasteiger charge is -2.38. The van der Waals surface area contributed by atoms with E-state index in [1.165, 1.54) is 0 Å². The Morgan fingerprint density at radius 1 is 0.900 bits per heavy atom. The zero-order valence-electron chi connectivity index (χ0n) is 20.0. The molecule has 2 heteroatoms. The van der Waals surface area contributed by atoms with Crippen molar-refractivity contribution in [2.75, 3.05) is 33.0 Å². The molecule has 0 bridgehead atoms. The van der Waals surface area contributed by atoms with E-state index in [0.29, 0.717) is 11.1 Å². The topological polar surface area (TPSA) is 6.48 Å². The summed E-state index contributed by atoms with van der Waals surface area (Å²) in [6.07, 6.45) is 0. The summed E-state index contributed by atoms with van der Waals surface area (Å²) in [5.74, 6) is 0. The standard InChI is InChI=1S/C18H22N2/c1-19-12-14-20(15-13-19)18(16-8-4-2-5-9-16)17-10-6-3-7-11-17/h2-11,18H,12-15H2,1H3/i1D3,12D2,13D2,14D2. The van der Waals surface area contributed by atoms with Gasteiger partial charge in [-0.2, -0.15) is 0 Å². The zero-order chi connectivity index (χ0) is 21.7. The highest BCUT2D eigenvalue weighted by molar-refractivity contribution is 5.31. The van der Waals surface area contributed by atoms with Crippen LogP contribution in [0.3, 0.4) is 0 Å². The fourth-order valence-electron chi connectivity index (χ4n) is 2.32. The SMILES string of the molecule is [2H]C([2H])([2H])N1C([2H])([2H])CN(C(c2ccccc2)c2ccccc2)C([2H])([2H])C1([2H])[2H]. The molecular formula is C18H22N2. The largest absolute Gasteiger partial charge is 0.304 e. The van der Waals surface area contributed by atoms with Crippen molar-refractivity contribution in [2.24, 2.45) is 0 Å². The average molecular weight is 275 g/mol. The summed E-state index contributed by atoms with van der Waals surface area (Å²) >= 11 is 0. The molecule has 0 saturated carbocycles. The molecule has 20 heavy (non-hydrogen) atoms. The van der Waals surface area contributed by atoms with E-state index in [0.717, 1.165) is 4.90 Å². The van der Waals surface area contributed by atoms with Gasteiger partial charge in [-0.1, -0.05) is 60.7 Å². The molecule has 0 aliphatic carbocycles. The fraction of sp³-hybridized carbons (Fsp3) is 0.333. The third-order valence-corrected chi connectivity index (χ3v) is 3.25. The number of hydrogen-bond acceptors (Lipinski definition) is 2. The molecule has 0 amide bonds. The van der Waals surface area contributed by atoms with Crippen LogP contribution in [0.1, 0.15) is 29.5 Å². The molecule has 0 N–H and O–H groups in total. The van der Waals surface area contributed by atoms with Crippen LogP contribution in [0.5, 0.6) is 0 Å². The molecule has 1 aliphatic rings. The number of rotatable bonds is 3. The number of benzene rings is 2. The van der Waals surface area contributed by atoms with Gasteiger partial charge < -0.3 is 4.90 Å². The highest BCUT2D eigenvalue weighted by atomic mass is 15.3. The third-order valence-electron chi connectivity index (χ3n) is 3.25. The van der Waals surface area contributed by atoms with Gasteiger partial charge in [-0.15, -0.1) is 0 Å². The molecule has 1 saturated heterocycles. The zero-order valence-corrected chi connectivity index (χ0v) is 11.0. The quantitative estimate of drug-likeness (QED) is 0.849. The van der Waals surface area contributed by atoms with Crippen LogP contribution < -0.4 is 0 Å². The van der Waals surface area contributed by atoms with E-state index in [4.69, 9.17) is 12.3 Å². The Balaban J connectivity index is 2.19. The Kier molecular flexibility index (Phi) is 1.99. The Hall–Kier alpha value is -1.64. The molecule has 0 radical (unpaired) electrons. The van der Waals surface area contributed by atoms with Gasteiger partial charge in [-0.05, 0) is 18.1 Å². The summed E-state index contributed by atoms with van der Waals surface area (Å²) in [5.41, 5.74) is 1.30. The van der Waals surface area contributed by atoms with Crippen molar-refractivity contribution >= 4 is 0 Å². The maximum atomic E-state index is 8.56. The normalized spacial score (nSPS) is 32.4. The molecule has 0 unspecified atom stereocenters. The first kappa shape index (κ1) is 6.42. The van der Waals surface area contributed by atoms with Gasteiger partial charge in [-0.25, -0.2) is 0 Å². The van der Waals surface area contributed by atoms with Crippen LogP contribution in [0, 0.1) is 0 Å². The first-order valence-corrected chi connectivity index (χ1v) is 6.47. The minimum Gasteiger partial charge on any atom is -0.304 e. The lowest BCUT2D eigenvalue weighted by Crippen LogP contribution is -2.46. The van der Waals surface area contributed by atoms with Crippen LogP contribution in [-0.4, -0.2) is 42.8 Å². The predicted octanol–water partition coefficient (Wildman–Crippen LogP) is 3.02. The Bertz CT molecular complexity index is 798. The van der Waals surface area contributed by atoms with Gasteiger partial charge in [0.25, 0.3) is 0 Å². The Morgan fingerprint density at radius 3 is 2.05 bits per heavy atom. The Labute approximate surface area is 134 Å². The molecule has 1 fully saturated rings. The fourth-order valence-corrected chi connectivity index (χ4v) is 2.32. The molecule has 0 aromatic heterocycles. The lowest BCUT2D eigenvalue weighted by molar-refractivity contribution is 0.127. The van der Waals surface area contributed by atoms with E-state index < -0.39 is 39.1 Å². The van der Waals surface area contributed by atoms with E-state index in [1.807, 2.05) is 0 Å². The van der Waals surface area contributed by atoms with Gasteiger partial charge in [-0.3, -0.25) is 4.90 Å². The predicted molar refractivity (Wildman–Crippen MR) is 83.8 cm³/mol. The van der Waals surface area contributed by atoms with E-state index in [-0.39, 0.29) is 4.90 Å².